The van der Waals surface area contributed by atoms with Crippen LogP contribution in [0.15, 0.2) is 0 Å². The number of hydrogen-bond acceptors (Lipinski definition) is 2. The number of amides is 1. The molecule has 176 valence electrons. The van der Waals surface area contributed by atoms with Crippen LogP contribution < -0.4 is 5.32 Å². The van der Waals surface area contributed by atoms with Gasteiger partial charge in [0.1, 0.15) is 5.54 Å². The van der Waals surface area contributed by atoms with E-state index in [1.54, 1.807) is 0 Å². The quantitative estimate of drug-likeness (QED) is 0.497. The van der Waals surface area contributed by atoms with Crippen molar-refractivity contribution in [3.8, 4) is 0 Å². The molecular formula is C27H47N3O. The lowest BCUT2D eigenvalue weighted by Crippen LogP contribution is -2.51. The molecule has 2 N–H and O–H groups in total. The molecule has 0 spiro atoms. The molecule has 3 aliphatic carbocycles. The zero-order valence-corrected chi connectivity index (χ0v) is 20.5. The minimum absolute atomic E-state index is 0.189. The van der Waals surface area contributed by atoms with Crippen molar-refractivity contribution >= 4 is 11.9 Å². The van der Waals surface area contributed by atoms with E-state index in [2.05, 4.69) is 26.1 Å². The first-order chi connectivity index (χ1) is 14.8. The zero-order chi connectivity index (χ0) is 22.1. The minimum atomic E-state index is -0.513. The molecule has 1 saturated heterocycles. The summed E-state index contributed by atoms with van der Waals surface area (Å²) in [5.41, 5.74) is -0.263. The van der Waals surface area contributed by atoms with E-state index in [1.807, 2.05) is 4.90 Å². The molecular weight excluding hydrogens is 382 g/mol. The summed E-state index contributed by atoms with van der Waals surface area (Å²) in [6, 6.07) is 0.189. The first-order valence-corrected chi connectivity index (χ1v) is 13.5. The Morgan fingerprint density at radius 3 is 2.19 bits per heavy atom. The molecule has 31 heavy (non-hydrogen) atoms. The molecule has 3 atom stereocenters. The standard InChI is InChI=1S/C27H47N3O/c1-20-16-23(19-26(2,3)17-20)30-24(31)27(29-25(30)28,18-22-12-8-5-9-13-22)15-14-21-10-6-4-7-11-21/h20-23H,4-19H2,1-3H3,(H2,28,29)/t20?,23?,27-/m1/s1. The predicted octanol–water partition coefficient (Wildman–Crippen LogP) is 6.64. The van der Waals surface area contributed by atoms with Gasteiger partial charge in [0, 0.05) is 6.04 Å². The lowest BCUT2D eigenvalue weighted by Gasteiger charge is -2.42. The van der Waals surface area contributed by atoms with Gasteiger partial charge in [0.25, 0.3) is 5.91 Å². The van der Waals surface area contributed by atoms with Gasteiger partial charge in [0.15, 0.2) is 5.96 Å². The first-order valence-electron chi connectivity index (χ1n) is 13.5. The molecule has 2 unspecified atom stereocenters. The van der Waals surface area contributed by atoms with Crippen LogP contribution in [0.5, 0.6) is 0 Å². The molecule has 0 bridgehead atoms. The summed E-state index contributed by atoms with van der Waals surface area (Å²) < 4.78 is 0. The lowest BCUT2D eigenvalue weighted by atomic mass is 9.70. The summed E-state index contributed by atoms with van der Waals surface area (Å²) >= 11 is 0. The smallest absolute Gasteiger partial charge is 0.255 e. The fourth-order valence-electron chi connectivity index (χ4n) is 7.73. The van der Waals surface area contributed by atoms with E-state index in [-0.39, 0.29) is 17.4 Å². The molecule has 0 radical (unpaired) electrons. The van der Waals surface area contributed by atoms with Crippen molar-refractivity contribution in [1.29, 1.82) is 5.41 Å². The number of nitrogens with one attached hydrogen (secondary N) is 2. The third-order valence-corrected chi connectivity index (χ3v) is 9.02. The Morgan fingerprint density at radius 1 is 0.968 bits per heavy atom. The van der Waals surface area contributed by atoms with E-state index in [4.69, 9.17) is 5.41 Å². The zero-order valence-electron chi connectivity index (χ0n) is 20.5. The topological polar surface area (TPSA) is 56.2 Å². The normalized spacial score (nSPS) is 35.4. The average molecular weight is 430 g/mol. The van der Waals surface area contributed by atoms with Crippen molar-refractivity contribution < 1.29 is 4.79 Å². The number of hydrogen-bond donors (Lipinski definition) is 2. The molecule has 1 aliphatic heterocycles. The van der Waals surface area contributed by atoms with Crippen LogP contribution in [-0.4, -0.2) is 28.3 Å². The monoisotopic (exact) mass is 429 g/mol. The number of nitrogens with zero attached hydrogens (tertiary/aromatic N) is 1. The van der Waals surface area contributed by atoms with Gasteiger partial charge in [-0.05, 0) is 61.7 Å². The first kappa shape index (κ1) is 23.1. The van der Waals surface area contributed by atoms with E-state index < -0.39 is 5.54 Å². The van der Waals surface area contributed by atoms with Crippen molar-refractivity contribution in [3.63, 3.8) is 0 Å². The number of carbonyl (C=O) groups is 1. The fraction of sp³-hybridized carbons (Fsp3) is 0.926. The molecule has 0 aromatic carbocycles. The molecule has 1 heterocycles. The average Bonchev–Trinajstić information content (AvgIpc) is 2.96. The van der Waals surface area contributed by atoms with Gasteiger partial charge < -0.3 is 5.32 Å². The van der Waals surface area contributed by atoms with Crippen molar-refractivity contribution in [3.05, 3.63) is 0 Å². The Morgan fingerprint density at radius 2 is 1.58 bits per heavy atom. The van der Waals surface area contributed by atoms with Crippen LogP contribution in [0.1, 0.15) is 124 Å². The van der Waals surface area contributed by atoms with Gasteiger partial charge in [-0.1, -0.05) is 85.0 Å². The van der Waals surface area contributed by atoms with E-state index in [0.717, 1.165) is 38.0 Å². The van der Waals surface area contributed by atoms with Crippen LogP contribution in [0.3, 0.4) is 0 Å². The van der Waals surface area contributed by atoms with Crippen LogP contribution in [0.4, 0.5) is 0 Å². The summed E-state index contributed by atoms with van der Waals surface area (Å²) in [6.07, 6.45) is 19.6. The lowest BCUT2D eigenvalue weighted by molar-refractivity contribution is -0.135. The summed E-state index contributed by atoms with van der Waals surface area (Å²) in [5, 5.41) is 12.4. The largest absolute Gasteiger partial charge is 0.342 e. The molecule has 3 saturated carbocycles. The van der Waals surface area contributed by atoms with E-state index in [1.165, 1.54) is 70.6 Å². The molecule has 4 nitrogen and oxygen atoms in total. The summed E-state index contributed by atoms with van der Waals surface area (Å²) in [4.78, 5) is 16.0. The maximum atomic E-state index is 14.1. The van der Waals surface area contributed by atoms with Crippen molar-refractivity contribution in [2.45, 2.75) is 135 Å². The van der Waals surface area contributed by atoms with Crippen molar-refractivity contribution in [1.82, 2.24) is 10.2 Å². The van der Waals surface area contributed by atoms with Gasteiger partial charge in [0.05, 0.1) is 0 Å². The van der Waals surface area contributed by atoms with Crippen LogP contribution in [-0.2, 0) is 4.79 Å². The molecule has 1 amide bonds. The molecule has 4 heteroatoms. The molecule has 4 rings (SSSR count). The highest BCUT2D eigenvalue weighted by Gasteiger charge is 2.53. The van der Waals surface area contributed by atoms with Gasteiger partial charge in [-0.3, -0.25) is 15.1 Å². The SMILES string of the molecule is CC1CC(N2C(=N)N[C@](CCC3CCCCC3)(CC3CCCCC3)C2=O)CC(C)(C)C1. The number of guanidine groups is 1. The van der Waals surface area contributed by atoms with Gasteiger partial charge >= 0.3 is 0 Å². The molecule has 4 fully saturated rings. The second-order valence-electron chi connectivity index (χ2n) is 12.5. The summed E-state index contributed by atoms with van der Waals surface area (Å²) in [5.74, 6) is 2.69. The van der Waals surface area contributed by atoms with Gasteiger partial charge in [-0.15, -0.1) is 0 Å². The van der Waals surface area contributed by atoms with Gasteiger partial charge in [0.2, 0.25) is 0 Å². The Balaban J connectivity index is 1.53. The van der Waals surface area contributed by atoms with Crippen LogP contribution >= 0.6 is 0 Å². The van der Waals surface area contributed by atoms with E-state index in [0.29, 0.717) is 17.8 Å². The summed E-state index contributed by atoms with van der Waals surface area (Å²) in [6.45, 7) is 7.00. The minimum Gasteiger partial charge on any atom is -0.342 e. The number of rotatable bonds is 6. The predicted molar refractivity (Wildman–Crippen MR) is 128 cm³/mol. The number of carbonyl (C=O) groups excluding carboxylic acids is 1. The fourth-order valence-corrected chi connectivity index (χ4v) is 7.73. The van der Waals surface area contributed by atoms with Crippen LogP contribution in [0, 0.1) is 28.6 Å². The maximum absolute atomic E-state index is 14.1. The Labute approximate surface area is 190 Å². The molecule has 0 aromatic heterocycles. The highest BCUT2D eigenvalue weighted by molar-refractivity contribution is 6.08. The third-order valence-electron chi connectivity index (χ3n) is 9.02. The van der Waals surface area contributed by atoms with Crippen LogP contribution in [0.2, 0.25) is 0 Å². The highest BCUT2D eigenvalue weighted by atomic mass is 16.2. The van der Waals surface area contributed by atoms with E-state index >= 15 is 0 Å². The maximum Gasteiger partial charge on any atom is 0.255 e. The van der Waals surface area contributed by atoms with Crippen molar-refractivity contribution in [2.75, 3.05) is 0 Å². The Kier molecular flexibility index (Phi) is 7.03. The van der Waals surface area contributed by atoms with Gasteiger partial charge in [-0.25, -0.2) is 0 Å². The Bertz CT molecular complexity index is 647. The summed E-state index contributed by atoms with van der Waals surface area (Å²) in [7, 11) is 0. The Hall–Kier alpha value is -1.06. The second-order valence-corrected chi connectivity index (χ2v) is 12.5. The second kappa shape index (κ2) is 9.43. The highest BCUT2D eigenvalue weighted by Crippen LogP contribution is 2.44. The molecule has 4 aliphatic rings. The van der Waals surface area contributed by atoms with Gasteiger partial charge in [-0.2, -0.15) is 0 Å². The van der Waals surface area contributed by atoms with Crippen molar-refractivity contribution in [2.24, 2.45) is 23.2 Å². The third kappa shape index (κ3) is 5.30. The van der Waals surface area contributed by atoms with E-state index in [9.17, 15) is 4.79 Å². The van der Waals surface area contributed by atoms with Crippen LogP contribution in [0.25, 0.3) is 0 Å². The molecule has 0 aromatic rings.